The lowest BCUT2D eigenvalue weighted by atomic mass is 9.95. The SMILES string of the molecule is CC(Sc1nc2c(cc1C#N)CCCC2)C(=O)Nc1ccc(Cl)c(C(=O)O)c1. The van der Waals surface area contributed by atoms with Crippen LogP contribution in [0.2, 0.25) is 5.02 Å². The zero-order valence-electron chi connectivity index (χ0n) is 15.2. The van der Waals surface area contributed by atoms with E-state index in [9.17, 15) is 14.9 Å². The van der Waals surface area contributed by atoms with Gasteiger partial charge in [-0.05, 0) is 62.4 Å². The lowest BCUT2D eigenvalue weighted by Crippen LogP contribution is -2.23. The van der Waals surface area contributed by atoms with E-state index in [-0.39, 0.29) is 16.5 Å². The number of nitriles is 1. The van der Waals surface area contributed by atoms with Crippen molar-refractivity contribution in [2.75, 3.05) is 5.32 Å². The van der Waals surface area contributed by atoms with Crippen molar-refractivity contribution in [1.82, 2.24) is 4.98 Å². The molecule has 1 amide bonds. The molecule has 2 N–H and O–H groups in total. The molecule has 1 unspecified atom stereocenters. The summed E-state index contributed by atoms with van der Waals surface area (Å²) in [4.78, 5) is 28.4. The maximum absolute atomic E-state index is 12.5. The van der Waals surface area contributed by atoms with Gasteiger partial charge in [-0.3, -0.25) is 4.79 Å². The third kappa shape index (κ3) is 4.46. The number of carbonyl (C=O) groups excluding carboxylic acids is 1. The number of amides is 1. The van der Waals surface area contributed by atoms with Crippen LogP contribution in [0, 0.1) is 11.3 Å². The fourth-order valence-electron chi connectivity index (χ4n) is 3.02. The number of fused-ring (bicyclic) bond motifs is 1. The van der Waals surface area contributed by atoms with Gasteiger partial charge in [0, 0.05) is 11.4 Å². The average molecular weight is 416 g/mol. The summed E-state index contributed by atoms with van der Waals surface area (Å²) in [5, 5.41) is 21.4. The number of anilines is 1. The third-order valence-electron chi connectivity index (χ3n) is 4.51. The molecule has 6 nitrogen and oxygen atoms in total. The van der Waals surface area contributed by atoms with E-state index < -0.39 is 11.2 Å². The Balaban J connectivity index is 1.75. The zero-order valence-corrected chi connectivity index (χ0v) is 16.7. The monoisotopic (exact) mass is 415 g/mol. The number of rotatable bonds is 5. The van der Waals surface area contributed by atoms with E-state index in [2.05, 4.69) is 16.4 Å². The number of pyridine rings is 1. The number of carboxylic acid groups (broad SMARTS) is 1. The summed E-state index contributed by atoms with van der Waals surface area (Å²) in [6.45, 7) is 1.72. The predicted octanol–water partition coefficient (Wildman–Crippen LogP) is 4.30. The first-order valence-corrected chi connectivity index (χ1v) is 10.1. The van der Waals surface area contributed by atoms with Crippen LogP contribution in [0.25, 0.3) is 0 Å². The molecule has 1 aliphatic rings. The number of nitrogens with zero attached hydrogens (tertiary/aromatic N) is 2. The highest BCUT2D eigenvalue weighted by Gasteiger charge is 2.21. The largest absolute Gasteiger partial charge is 0.478 e. The van der Waals surface area contributed by atoms with Gasteiger partial charge in [0.05, 0.1) is 21.4 Å². The summed E-state index contributed by atoms with van der Waals surface area (Å²) in [6.07, 6.45) is 4.00. The minimum absolute atomic E-state index is 0.0807. The van der Waals surface area contributed by atoms with E-state index in [0.717, 1.165) is 36.9 Å². The maximum atomic E-state index is 12.5. The van der Waals surface area contributed by atoms with Crippen molar-refractivity contribution in [3.63, 3.8) is 0 Å². The molecular weight excluding hydrogens is 398 g/mol. The topological polar surface area (TPSA) is 103 Å². The molecule has 8 heteroatoms. The fraction of sp³-hybridized carbons (Fsp3) is 0.300. The summed E-state index contributed by atoms with van der Waals surface area (Å²) in [5.41, 5.74) is 2.86. The second-order valence-corrected chi connectivity index (χ2v) is 8.25. The summed E-state index contributed by atoms with van der Waals surface area (Å²) in [5.74, 6) is -1.48. The molecular formula is C20H18ClN3O3S. The molecule has 1 aromatic carbocycles. The van der Waals surface area contributed by atoms with E-state index in [1.54, 1.807) is 13.0 Å². The van der Waals surface area contributed by atoms with Crippen molar-refractivity contribution < 1.29 is 14.7 Å². The zero-order chi connectivity index (χ0) is 20.3. The number of carbonyl (C=O) groups is 2. The van der Waals surface area contributed by atoms with Gasteiger partial charge in [0.2, 0.25) is 5.91 Å². The highest BCUT2D eigenvalue weighted by atomic mass is 35.5. The van der Waals surface area contributed by atoms with Gasteiger partial charge in [-0.1, -0.05) is 23.4 Å². The molecule has 1 atom stereocenters. The van der Waals surface area contributed by atoms with Crippen molar-refractivity contribution in [2.45, 2.75) is 42.9 Å². The number of hydrogen-bond acceptors (Lipinski definition) is 5. The molecule has 3 rings (SSSR count). The first kappa shape index (κ1) is 20.2. The standard InChI is InChI=1S/C20H18ClN3O3S/c1-11(18(25)23-14-6-7-16(21)15(9-14)20(26)27)28-19-13(10-22)8-12-4-2-3-5-17(12)24-19/h6-9,11H,2-5H2,1H3,(H,23,25)(H,26,27). The van der Waals surface area contributed by atoms with Crippen molar-refractivity contribution in [1.29, 1.82) is 5.26 Å². The van der Waals surface area contributed by atoms with Crippen LogP contribution in [0.3, 0.4) is 0 Å². The number of carboxylic acids is 1. The third-order valence-corrected chi connectivity index (χ3v) is 5.94. The highest BCUT2D eigenvalue weighted by Crippen LogP contribution is 2.30. The molecule has 0 saturated heterocycles. The Labute approximate surface area is 171 Å². The molecule has 1 aromatic heterocycles. The number of benzene rings is 1. The summed E-state index contributed by atoms with van der Waals surface area (Å²) < 4.78 is 0. The van der Waals surface area contributed by atoms with Crippen LogP contribution < -0.4 is 5.32 Å². The summed E-state index contributed by atoms with van der Waals surface area (Å²) in [7, 11) is 0. The van der Waals surface area contributed by atoms with Crippen molar-refractivity contribution in [2.24, 2.45) is 0 Å². The van der Waals surface area contributed by atoms with Crippen molar-refractivity contribution in [3.05, 3.63) is 51.7 Å². The molecule has 0 spiro atoms. The Morgan fingerprint density at radius 3 is 2.79 bits per heavy atom. The normalized spacial score (nSPS) is 13.9. The number of halogens is 1. The molecule has 0 radical (unpaired) electrons. The van der Waals surface area contributed by atoms with Crippen molar-refractivity contribution >= 4 is 40.9 Å². The van der Waals surface area contributed by atoms with Crippen LogP contribution in [0.5, 0.6) is 0 Å². The van der Waals surface area contributed by atoms with Gasteiger partial charge in [0.25, 0.3) is 0 Å². The molecule has 0 fully saturated rings. The summed E-state index contributed by atoms with van der Waals surface area (Å²) in [6, 6.07) is 8.34. The molecule has 144 valence electrons. The van der Waals surface area contributed by atoms with E-state index >= 15 is 0 Å². The predicted molar refractivity (Wildman–Crippen MR) is 108 cm³/mol. The second kappa shape index (κ2) is 8.63. The number of thioether (sulfide) groups is 1. The van der Waals surface area contributed by atoms with Gasteiger partial charge in [0.15, 0.2) is 0 Å². The molecule has 0 bridgehead atoms. The van der Waals surface area contributed by atoms with Crippen LogP contribution in [0.1, 0.15) is 46.9 Å². The first-order chi connectivity index (χ1) is 13.4. The average Bonchev–Trinajstić information content (AvgIpc) is 2.68. The Morgan fingerprint density at radius 1 is 1.32 bits per heavy atom. The van der Waals surface area contributed by atoms with Crippen LogP contribution in [0.4, 0.5) is 5.69 Å². The van der Waals surface area contributed by atoms with Gasteiger partial charge in [-0.15, -0.1) is 0 Å². The van der Waals surface area contributed by atoms with Gasteiger partial charge < -0.3 is 10.4 Å². The van der Waals surface area contributed by atoms with Crippen LogP contribution >= 0.6 is 23.4 Å². The van der Waals surface area contributed by atoms with Gasteiger partial charge >= 0.3 is 5.97 Å². The minimum atomic E-state index is -1.17. The minimum Gasteiger partial charge on any atom is -0.478 e. The Bertz CT molecular complexity index is 987. The van der Waals surface area contributed by atoms with E-state index in [0.29, 0.717) is 16.3 Å². The van der Waals surface area contributed by atoms with E-state index in [4.69, 9.17) is 16.7 Å². The number of aromatic nitrogens is 1. The van der Waals surface area contributed by atoms with Crippen LogP contribution in [-0.2, 0) is 17.6 Å². The Kier molecular flexibility index (Phi) is 6.22. The molecule has 0 saturated carbocycles. The van der Waals surface area contributed by atoms with Gasteiger partial charge in [0.1, 0.15) is 11.1 Å². The Morgan fingerprint density at radius 2 is 2.07 bits per heavy atom. The molecule has 0 aliphatic heterocycles. The quantitative estimate of drug-likeness (QED) is 0.705. The number of aryl methyl sites for hydroxylation is 2. The van der Waals surface area contributed by atoms with Crippen LogP contribution in [0.15, 0.2) is 29.3 Å². The highest BCUT2D eigenvalue weighted by molar-refractivity contribution is 8.00. The lowest BCUT2D eigenvalue weighted by molar-refractivity contribution is -0.115. The number of nitrogens with one attached hydrogen (secondary N) is 1. The number of hydrogen-bond donors (Lipinski definition) is 2. The molecule has 1 heterocycles. The molecule has 2 aromatic rings. The van der Waals surface area contributed by atoms with Crippen LogP contribution in [-0.4, -0.2) is 27.2 Å². The van der Waals surface area contributed by atoms with E-state index in [1.165, 1.54) is 23.9 Å². The summed E-state index contributed by atoms with van der Waals surface area (Å²) >= 11 is 7.07. The first-order valence-electron chi connectivity index (χ1n) is 8.82. The second-order valence-electron chi connectivity index (χ2n) is 6.51. The number of aromatic carboxylic acids is 1. The maximum Gasteiger partial charge on any atom is 0.337 e. The molecule has 1 aliphatic carbocycles. The fourth-order valence-corrected chi connectivity index (χ4v) is 4.11. The van der Waals surface area contributed by atoms with Crippen molar-refractivity contribution in [3.8, 4) is 6.07 Å². The Hall–Kier alpha value is -2.56. The smallest absolute Gasteiger partial charge is 0.337 e. The lowest BCUT2D eigenvalue weighted by Gasteiger charge is -2.18. The molecule has 28 heavy (non-hydrogen) atoms. The van der Waals surface area contributed by atoms with Gasteiger partial charge in [-0.2, -0.15) is 5.26 Å². The van der Waals surface area contributed by atoms with E-state index in [1.807, 2.05) is 6.07 Å². The van der Waals surface area contributed by atoms with Gasteiger partial charge in [-0.25, -0.2) is 9.78 Å².